The lowest BCUT2D eigenvalue weighted by atomic mass is 9.91. The summed E-state index contributed by atoms with van der Waals surface area (Å²) in [4.78, 5) is 2.54. The molecule has 3 heteroatoms. The predicted molar refractivity (Wildman–Crippen MR) is 62.1 cm³/mol. The molecule has 1 atom stereocenters. The number of nitrogens with one attached hydrogen (secondary N) is 1. The predicted octanol–water partition coefficient (Wildman–Crippen LogP) is 1.10. The Balaban J connectivity index is 1.68. The van der Waals surface area contributed by atoms with Crippen LogP contribution in [0, 0.1) is 5.92 Å². The highest BCUT2D eigenvalue weighted by Crippen LogP contribution is 2.27. The van der Waals surface area contributed by atoms with Gasteiger partial charge in [-0.25, -0.2) is 0 Å². The minimum Gasteiger partial charge on any atom is -0.370 e. The molecule has 2 aliphatic heterocycles. The zero-order valence-electron chi connectivity index (χ0n) is 10.1. The van der Waals surface area contributed by atoms with Crippen molar-refractivity contribution in [3.63, 3.8) is 0 Å². The normalized spacial score (nSPS) is 27.6. The van der Waals surface area contributed by atoms with Crippen LogP contribution >= 0.6 is 0 Å². The zero-order chi connectivity index (χ0) is 10.7. The van der Waals surface area contributed by atoms with Crippen molar-refractivity contribution in [2.75, 3.05) is 39.3 Å². The number of ether oxygens (including phenoxy) is 1. The third-order valence-electron chi connectivity index (χ3n) is 3.51. The van der Waals surface area contributed by atoms with E-state index in [9.17, 15) is 0 Å². The van der Waals surface area contributed by atoms with E-state index in [4.69, 9.17) is 4.74 Å². The molecule has 2 saturated heterocycles. The van der Waals surface area contributed by atoms with Crippen LogP contribution in [0.1, 0.15) is 26.7 Å². The Morgan fingerprint density at radius 3 is 2.87 bits per heavy atom. The molecular weight excluding hydrogens is 188 g/mol. The van der Waals surface area contributed by atoms with Gasteiger partial charge >= 0.3 is 0 Å². The van der Waals surface area contributed by atoms with Crippen LogP contribution in [0.5, 0.6) is 0 Å². The number of morpholine rings is 1. The molecule has 2 rings (SSSR count). The number of hydrogen-bond acceptors (Lipinski definition) is 3. The van der Waals surface area contributed by atoms with Gasteiger partial charge in [0.05, 0.1) is 6.61 Å². The summed E-state index contributed by atoms with van der Waals surface area (Å²) in [6.07, 6.45) is 2.65. The fourth-order valence-electron chi connectivity index (χ4n) is 2.83. The lowest BCUT2D eigenvalue weighted by molar-refractivity contribution is -0.158. The Bertz CT molecular complexity index is 194. The summed E-state index contributed by atoms with van der Waals surface area (Å²) in [6.45, 7) is 11.1. The maximum atomic E-state index is 5.87. The van der Waals surface area contributed by atoms with Gasteiger partial charge in [-0.2, -0.15) is 0 Å². The van der Waals surface area contributed by atoms with Crippen LogP contribution in [-0.2, 0) is 4.74 Å². The molecule has 0 aromatic carbocycles. The maximum absolute atomic E-state index is 5.87. The van der Waals surface area contributed by atoms with Gasteiger partial charge in [0.2, 0.25) is 0 Å². The summed E-state index contributed by atoms with van der Waals surface area (Å²) in [5, 5.41) is 3.42. The van der Waals surface area contributed by atoms with E-state index in [1.807, 2.05) is 0 Å². The van der Waals surface area contributed by atoms with Crippen molar-refractivity contribution < 1.29 is 4.74 Å². The molecule has 0 aliphatic carbocycles. The van der Waals surface area contributed by atoms with Gasteiger partial charge in [-0.3, -0.25) is 4.90 Å². The summed E-state index contributed by atoms with van der Waals surface area (Å²) >= 11 is 0. The van der Waals surface area contributed by atoms with Crippen molar-refractivity contribution in [2.45, 2.75) is 32.3 Å². The third-order valence-corrected chi connectivity index (χ3v) is 3.51. The van der Waals surface area contributed by atoms with E-state index >= 15 is 0 Å². The summed E-state index contributed by atoms with van der Waals surface area (Å²) in [7, 11) is 0. The van der Waals surface area contributed by atoms with Gasteiger partial charge in [0, 0.05) is 32.7 Å². The summed E-state index contributed by atoms with van der Waals surface area (Å²) in [6, 6.07) is 0. The van der Waals surface area contributed by atoms with Gasteiger partial charge in [0.15, 0.2) is 0 Å². The first-order chi connectivity index (χ1) is 7.24. The van der Waals surface area contributed by atoms with Crippen molar-refractivity contribution in [2.24, 2.45) is 5.92 Å². The van der Waals surface area contributed by atoms with Crippen molar-refractivity contribution >= 4 is 0 Å². The van der Waals surface area contributed by atoms with E-state index in [0.717, 1.165) is 38.7 Å². The molecule has 1 spiro atoms. The quantitative estimate of drug-likeness (QED) is 0.755. The van der Waals surface area contributed by atoms with Crippen LogP contribution < -0.4 is 5.32 Å². The first-order valence-corrected chi connectivity index (χ1v) is 6.31. The minimum atomic E-state index is 0.171. The third kappa shape index (κ3) is 2.71. The van der Waals surface area contributed by atoms with Gasteiger partial charge in [-0.15, -0.1) is 0 Å². The smallest absolute Gasteiger partial charge is 0.106 e. The van der Waals surface area contributed by atoms with E-state index < -0.39 is 0 Å². The van der Waals surface area contributed by atoms with E-state index in [1.54, 1.807) is 0 Å². The Morgan fingerprint density at radius 2 is 2.27 bits per heavy atom. The molecule has 0 saturated carbocycles. The average Bonchev–Trinajstić information content (AvgIpc) is 2.17. The molecule has 0 radical (unpaired) electrons. The van der Waals surface area contributed by atoms with Crippen molar-refractivity contribution in [1.82, 2.24) is 10.2 Å². The van der Waals surface area contributed by atoms with Gasteiger partial charge in [0.1, 0.15) is 5.60 Å². The molecule has 3 nitrogen and oxygen atoms in total. The van der Waals surface area contributed by atoms with Crippen molar-refractivity contribution in [3.05, 3.63) is 0 Å². The molecule has 0 aromatic heterocycles. The lowest BCUT2D eigenvalue weighted by Gasteiger charge is -2.52. The SMILES string of the molecule is CCCC(C)CN1CC2(CNCCO2)C1. The molecular formula is C12H24N2O. The van der Waals surface area contributed by atoms with Crippen molar-refractivity contribution in [1.29, 1.82) is 0 Å². The number of likely N-dealkylation sites (tertiary alicyclic amines) is 1. The summed E-state index contributed by atoms with van der Waals surface area (Å²) in [5.74, 6) is 0.837. The Kier molecular flexibility index (Phi) is 3.65. The Labute approximate surface area is 93.2 Å². The monoisotopic (exact) mass is 212 g/mol. The lowest BCUT2D eigenvalue weighted by Crippen LogP contribution is -2.69. The maximum Gasteiger partial charge on any atom is 0.106 e. The average molecular weight is 212 g/mol. The topological polar surface area (TPSA) is 24.5 Å². The largest absolute Gasteiger partial charge is 0.370 e. The van der Waals surface area contributed by atoms with E-state index in [-0.39, 0.29) is 5.60 Å². The van der Waals surface area contributed by atoms with Crippen LogP contribution in [0.25, 0.3) is 0 Å². The molecule has 0 aromatic rings. The minimum absolute atomic E-state index is 0.171. The fraction of sp³-hybridized carbons (Fsp3) is 1.00. The highest BCUT2D eigenvalue weighted by Gasteiger charge is 2.44. The zero-order valence-corrected chi connectivity index (χ0v) is 10.1. The Morgan fingerprint density at radius 1 is 1.47 bits per heavy atom. The molecule has 2 fully saturated rings. The van der Waals surface area contributed by atoms with E-state index in [0.29, 0.717) is 0 Å². The highest BCUT2D eigenvalue weighted by molar-refractivity contribution is 5.00. The molecule has 2 aliphatic rings. The molecule has 1 N–H and O–H groups in total. The van der Waals surface area contributed by atoms with E-state index in [1.165, 1.54) is 19.4 Å². The van der Waals surface area contributed by atoms with Crippen LogP contribution in [0.3, 0.4) is 0 Å². The highest BCUT2D eigenvalue weighted by atomic mass is 16.5. The first-order valence-electron chi connectivity index (χ1n) is 6.31. The fourth-order valence-corrected chi connectivity index (χ4v) is 2.83. The Hall–Kier alpha value is -0.120. The van der Waals surface area contributed by atoms with E-state index in [2.05, 4.69) is 24.1 Å². The molecule has 0 bridgehead atoms. The second-order valence-electron chi connectivity index (χ2n) is 5.27. The van der Waals surface area contributed by atoms with Crippen LogP contribution in [0.4, 0.5) is 0 Å². The molecule has 0 amide bonds. The summed E-state index contributed by atoms with van der Waals surface area (Å²) in [5.41, 5.74) is 0.171. The van der Waals surface area contributed by atoms with Gasteiger partial charge in [-0.05, 0) is 12.3 Å². The molecule has 1 unspecified atom stereocenters. The molecule has 2 heterocycles. The summed E-state index contributed by atoms with van der Waals surface area (Å²) < 4.78 is 5.87. The van der Waals surface area contributed by atoms with Gasteiger partial charge < -0.3 is 10.1 Å². The van der Waals surface area contributed by atoms with Crippen LogP contribution in [0.15, 0.2) is 0 Å². The van der Waals surface area contributed by atoms with Crippen LogP contribution in [0.2, 0.25) is 0 Å². The number of nitrogens with zero attached hydrogens (tertiary/aromatic N) is 1. The number of hydrogen-bond donors (Lipinski definition) is 1. The standard InChI is InChI=1S/C12H24N2O/c1-3-4-11(2)7-14-9-12(10-14)8-13-5-6-15-12/h11,13H,3-10H2,1-2H3. The number of rotatable bonds is 4. The van der Waals surface area contributed by atoms with Gasteiger partial charge in [-0.1, -0.05) is 20.3 Å². The second kappa shape index (κ2) is 4.81. The van der Waals surface area contributed by atoms with Crippen molar-refractivity contribution in [3.8, 4) is 0 Å². The second-order valence-corrected chi connectivity index (χ2v) is 5.27. The first kappa shape index (κ1) is 11.4. The molecule has 15 heavy (non-hydrogen) atoms. The molecule has 88 valence electrons. The van der Waals surface area contributed by atoms with Crippen LogP contribution in [-0.4, -0.2) is 49.8 Å². The van der Waals surface area contributed by atoms with Gasteiger partial charge in [0.25, 0.3) is 0 Å².